The predicted molar refractivity (Wildman–Crippen MR) is 57.5 cm³/mol. The second kappa shape index (κ2) is 3.87. The van der Waals surface area contributed by atoms with Crippen molar-refractivity contribution in [2.75, 3.05) is 0 Å². The number of aromatic nitrogens is 1. The second-order valence-corrected chi connectivity index (χ2v) is 3.50. The van der Waals surface area contributed by atoms with Crippen molar-refractivity contribution >= 4 is 11.6 Å². The molecule has 0 aliphatic carbocycles. The van der Waals surface area contributed by atoms with E-state index in [1.165, 1.54) is 18.2 Å². The molecule has 0 radical (unpaired) electrons. The molecule has 76 valence electrons. The quantitative estimate of drug-likeness (QED) is 0.741. The van der Waals surface area contributed by atoms with Crippen molar-refractivity contribution in [3.8, 4) is 11.1 Å². The van der Waals surface area contributed by atoms with Crippen LogP contribution >= 0.6 is 11.6 Å². The van der Waals surface area contributed by atoms with Gasteiger partial charge >= 0.3 is 0 Å². The van der Waals surface area contributed by atoms with Gasteiger partial charge in [-0.15, -0.1) is 0 Å². The van der Waals surface area contributed by atoms with Gasteiger partial charge in [-0.2, -0.15) is 0 Å². The first kappa shape index (κ1) is 9.93. The van der Waals surface area contributed by atoms with E-state index in [0.717, 1.165) is 0 Å². The van der Waals surface area contributed by atoms with E-state index < -0.39 is 0 Å². The Bertz CT molecular complexity index is 550. The minimum Gasteiger partial charge on any atom is -0.313 e. The van der Waals surface area contributed by atoms with Gasteiger partial charge in [0.1, 0.15) is 11.0 Å². The van der Waals surface area contributed by atoms with Crippen LogP contribution < -0.4 is 5.56 Å². The first-order valence-corrected chi connectivity index (χ1v) is 4.69. The highest BCUT2D eigenvalue weighted by Gasteiger charge is 2.01. The molecule has 0 bridgehead atoms. The molecule has 0 unspecified atom stereocenters. The molecule has 0 saturated heterocycles. The summed E-state index contributed by atoms with van der Waals surface area (Å²) in [4.78, 5) is 13.5. The van der Waals surface area contributed by atoms with E-state index in [4.69, 9.17) is 11.6 Å². The Morgan fingerprint density at radius 2 is 1.93 bits per heavy atom. The van der Waals surface area contributed by atoms with Crippen molar-refractivity contribution in [3.05, 3.63) is 57.7 Å². The Hall–Kier alpha value is -1.61. The van der Waals surface area contributed by atoms with E-state index in [1.54, 1.807) is 18.2 Å². The Kier molecular flexibility index (Phi) is 2.56. The highest BCUT2D eigenvalue weighted by atomic mass is 35.5. The third-order valence-corrected chi connectivity index (χ3v) is 2.17. The number of aromatic amines is 1. The van der Waals surface area contributed by atoms with E-state index in [1.807, 2.05) is 0 Å². The fourth-order valence-electron chi connectivity index (χ4n) is 1.34. The third-order valence-electron chi connectivity index (χ3n) is 1.97. The van der Waals surface area contributed by atoms with E-state index >= 15 is 0 Å². The fraction of sp³-hybridized carbons (Fsp3) is 0. The van der Waals surface area contributed by atoms with E-state index in [0.29, 0.717) is 11.1 Å². The van der Waals surface area contributed by atoms with Crippen LogP contribution in [0.15, 0.2) is 41.2 Å². The molecule has 1 aromatic heterocycles. The Morgan fingerprint density at radius 1 is 1.13 bits per heavy atom. The lowest BCUT2D eigenvalue weighted by Crippen LogP contribution is -2.03. The summed E-state index contributed by atoms with van der Waals surface area (Å²) >= 11 is 5.69. The van der Waals surface area contributed by atoms with Gasteiger partial charge in [-0.05, 0) is 29.3 Å². The summed E-state index contributed by atoms with van der Waals surface area (Å²) in [6.45, 7) is 0. The number of H-pyrrole nitrogens is 1. The van der Waals surface area contributed by atoms with Crippen molar-refractivity contribution in [3.63, 3.8) is 0 Å². The second-order valence-electron chi connectivity index (χ2n) is 3.09. The molecule has 1 heterocycles. The molecule has 0 aliphatic heterocycles. The highest BCUT2D eigenvalue weighted by molar-refractivity contribution is 6.29. The van der Waals surface area contributed by atoms with Crippen LogP contribution in [-0.2, 0) is 0 Å². The number of benzene rings is 1. The molecule has 2 nitrogen and oxygen atoms in total. The van der Waals surface area contributed by atoms with Gasteiger partial charge in [-0.25, -0.2) is 4.39 Å². The van der Waals surface area contributed by atoms with Crippen LogP contribution in [0, 0.1) is 5.82 Å². The number of hydrogen-bond acceptors (Lipinski definition) is 1. The Labute approximate surface area is 90.3 Å². The molecule has 0 saturated carbocycles. The lowest BCUT2D eigenvalue weighted by Gasteiger charge is -2.01. The van der Waals surface area contributed by atoms with E-state index in [9.17, 15) is 9.18 Å². The molecule has 2 aromatic rings. The average Bonchev–Trinajstić information content (AvgIpc) is 2.16. The van der Waals surface area contributed by atoms with E-state index in [-0.39, 0.29) is 16.5 Å². The third kappa shape index (κ3) is 2.25. The average molecular weight is 224 g/mol. The van der Waals surface area contributed by atoms with Gasteiger partial charge in [0.15, 0.2) is 0 Å². The van der Waals surface area contributed by atoms with Crippen molar-refractivity contribution in [1.29, 1.82) is 0 Å². The van der Waals surface area contributed by atoms with Gasteiger partial charge < -0.3 is 4.98 Å². The van der Waals surface area contributed by atoms with Crippen LogP contribution in [0.2, 0.25) is 5.15 Å². The zero-order valence-electron chi connectivity index (χ0n) is 7.63. The van der Waals surface area contributed by atoms with Gasteiger partial charge in [-0.3, -0.25) is 4.79 Å². The molecular weight excluding hydrogens is 217 g/mol. The van der Waals surface area contributed by atoms with Gasteiger partial charge in [0.25, 0.3) is 0 Å². The fourth-order valence-corrected chi connectivity index (χ4v) is 1.55. The van der Waals surface area contributed by atoms with Gasteiger partial charge in [0.05, 0.1) is 0 Å². The first-order chi connectivity index (χ1) is 7.15. The standard InChI is InChI=1S/C11H7ClFNO/c12-10-5-8(6-11(15)14-10)7-2-1-3-9(13)4-7/h1-6H,(H,14,15). The monoisotopic (exact) mass is 223 g/mol. The van der Waals surface area contributed by atoms with Crippen LogP contribution in [0.25, 0.3) is 11.1 Å². The van der Waals surface area contributed by atoms with Crippen LogP contribution in [0.3, 0.4) is 0 Å². The Morgan fingerprint density at radius 3 is 2.60 bits per heavy atom. The molecule has 0 amide bonds. The lowest BCUT2D eigenvalue weighted by atomic mass is 10.1. The maximum Gasteiger partial charge on any atom is 0.249 e. The number of pyridine rings is 1. The zero-order valence-corrected chi connectivity index (χ0v) is 8.38. The molecular formula is C11H7ClFNO. The predicted octanol–water partition coefficient (Wildman–Crippen LogP) is 2.83. The first-order valence-electron chi connectivity index (χ1n) is 4.31. The topological polar surface area (TPSA) is 32.9 Å². The summed E-state index contributed by atoms with van der Waals surface area (Å²) < 4.78 is 12.9. The van der Waals surface area contributed by atoms with Gasteiger partial charge in [0.2, 0.25) is 5.56 Å². The molecule has 2 rings (SSSR count). The highest BCUT2D eigenvalue weighted by Crippen LogP contribution is 2.20. The molecule has 1 N–H and O–H groups in total. The molecule has 15 heavy (non-hydrogen) atoms. The summed E-state index contributed by atoms with van der Waals surface area (Å²) in [6.07, 6.45) is 0. The summed E-state index contributed by atoms with van der Waals surface area (Å²) in [6, 6.07) is 8.95. The van der Waals surface area contributed by atoms with Crippen LogP contribution in [0.1, 0.15) is 0 Å². The molecule has 0 fully saturated rings. The molecule has 4 heteroatoms. The number of halogens is 2. The minimum atomic E-state index is -0.344. The van der Waals surface area contributed by atoms with Crippen LogP contribution in [-0.4, -0.2) is 4.98 Å². The van der Waals surface area contributed by atoms with Crippen LogP contribution in [0.4, 0.5) is 4.39 Å². The maximum atomic E-state index is 12.9. The van der Waals surface area contributed by atoms with Gasteiger partial charge in [-0.1, -0.05) is 23.7 Å². The molecule has 0 aliphatic rings. The van der Waals surface area contributed by atoms with Gasteiger partial charge in [0, 0.05) is 6.07 Å². The zero-order chi connectivity index (χ0) is 10.8. The minimum absolute atomic E-state index is 0.238. The SMILES string of the molecule is O=c1cc(-c2cccc(F)c2)cc(Cl)[nH]1. The van der Waals surface area contributed by atoms with Crippen molar-refractivity contribution in [2.45, 2.75) is 0 Å². The van der Waals surface area contributed by atoms with E-state index in [2.05, 4.69) is 4.98 Å². The Balaban J connectivity index is 2.59. The normalized spacial score (nSPS) is 10.3. The van der Waals surface area contributed by atoms with Crippen molar-refractivity contribution in [2.24, 2.45) is 0 Å². The summed E-state index contributed by atoms with van der Waals surface area (Å²) in [5, 5.41) is 0.238. The summed E-state index contributed by atoms with van der Waals surface area (Å²) in [5.74, 6) is -0.344. The summed E-state index contributed by atoms with van der Waals surface area (Å²) in [7, 11) is 0. The summed E-state index contributed by atoms with van der Waals surface area (Å²) in [5.41, 5.74) is 0.924. The lowest BCUT2D eigenvalue weighted by molar-refractivity contribution is 0.628. The van der Waals surface area contributed by atoms with Crippen molar-refractivity contribution < 1.29 is 4.39 Å². The smallest absolute Gasteiger partial charge is 0.249 e. The molecule has 0 atom stereocenters. The molecule has 1 aromatic carbocycles. The largest absolute Gasteiger partial charge is 0.313 e. The molecule has 0 spiro atoms. The number of hydrogen-bond donors (Lipinski definition) is 1. The maximum absolute atomic E-state index is 12.9. The van der Waals surface area contributed by atoms with Crippen LogP contribution in [0.5, 0.6) is 0 Å². The number of rotatable bonds is 1. The number of nitrogens with one attached hydrogen (secondary N) is 1. The van der Waals surface area contributed by atoms with Crippen molar-refractivity contribution in [1.82, 2.24) is 4.98 Å².